The quantitative estimate of drug-likeness (QED) is 0.697. The average Bonchev–Trinajstić information content (AvgIpc) is 2.72. The van der Waals surface area contributed by atoms with Crippen LogP contribution in [0, 0.1) is 0 Å². The number of carbonyl (C=O) groups is 1. The van der Waals surface area contributed by atoms with Crippen LogP contribution in [0.4, 0.5) is 0 Å². The van der Waals surface area contributed by atoms with E-state index in [0.717, 1.165) is 23.9 Å². The van der Waals surface area contributed by atoms with Crippen molar-refractivity contribution in [2.75, 3.05) is 12.0 Å². The number of hydrogen-bond donors (Lipinski definition) is 2. The molecule has 0 spiro atoms. The largest absolute Gasteiger partial charge is 0.351 e. The highest BCUT2D eigenvalue weighted by molar-refractivity contribution is 7.90. The van der Waals surface area contributed by atoms with Crippen molar-refractivity contribution in [2.24, 2.45) is 12.8 Å². The SMILES string of the molecule is CCc1nn(C)cc1CNC(=O)C(N)CCS(C)(=O)=O. The molecule has 0 fully saturated rings. The molecular weight excluding hydrogens is 280 g/mol. The summed E-state index contributed by atoms with van der Waals surface area (Å²) in [6.45, 7) is 2.34. The van der Waals surface area contributed by atoms with Gasteiger partial charge >= 0.3 is 0 Å². The van der Waals surface area contributed by atoms with Gasteiger partial charge in [-0.05, 0) is 12.8 Å². The normalized spacial score (nSPS) is 13.2. The van der Waals surface area contributed by atoms with Crippen LogP contribution in [-0.2, 0) is 34.6 Å². The number of nitrogens with zero attached hydrogens (tertiary/aromatic N) is 2. The zero-order valence-corrected chi connectivity index (χ0v) is 12.9. The Labute approximate surface area is 119 Å². The monoisotopic (exact) mass is 302 g/mol. The molecule has 8 heteroatoms. The fourth-order valence-electron chi connectivity index (χ4n) is 1.81. The van der Waals surface area contributed by atoms with Crippen LogP contribution in [0.1, 0.15) is 24.6 Å². The summed E-state index contributed by atoms with van der Waals surface area (Å²) >= 11 is 0. The minimum Gasteiger partial charge on any atom is -0.351 e. The number of rotatable bonds is 7. The second kappa shape index (κ2) is 6.85. The van der Waals surface area contributed by atoms with Gasteiger partial charge in [-0.15, -0.1) is 0 Å². The standard InChI is InChI=1S/C12H22N4O3S/c1-4-11-9(8-16(2)15-11)7-14-12(17)10(13)5-6-20(3,18)19/h8,10H,4-7,13H2,1-3H3,(H,14,17). The molecular formula is C12H22N4O3S. The molecule has 0 aromatic carbocycles. The third-order valence-electron chi connectivity index (χ3n) is 2.92. The fraction of sp³-hybridized carbons (Fsp3) is 0.667. The molecule has 20 heavy (non-hydrogen) atoms. The van der Waals surface area contributed by atoms with Crippen molar-refractivity contribution in [3.63, 3.8) is 0 Å². The lowest BCUT2D eigenvalue weighted by Crippen LogP contribution is -2.41. The summed E-state index contributed by atoms with van der Waals surface area (Å²) < 4.78 is 23.7. The van der Waals surface area contributed by atoms with Crippen LogP contribution in [-0.4, -0.2) is 42.2 Å². The first-order valence-electron chi connectivity index (χ1n) is 6.45. The molecule has 0 saturated carbocycles. The van der Waals surface area contributed by atoms with Crippen molar-refractivity contribution in [1.82, 2.24) is 15.1 Å². The molecule has 0 aliphatic heterocycles. The van der Waals surface area contributed by atoms with Crippen molar-refractivity contribution in [3.05, 3.63) is 17.5 Å². The van der Waals surface area contributed by atoms with Crippen LogP contribution in [0.5, 0.6) is 0 Å². The predicted molar refractivity (Wildman–Crippen MR) is 76.7 cm³/mol. The highest BCUT2D eigenvalue weighted by Gasteiger charge is 2.16. The van der Waals surface area contributed by atoms with Crippen molar-refractivity contribution >= 4 is 15.7 Å². The summed E-state index contributed by atoms with van der Waals surface area (Å²) in [5.74, 6) is -0.436. The molecule has 7 nitrogen and oxygen atoms in total. The van der Waals surface area contributed by atoms with E-state index in [1.54, 1.807) is 4.68 Å². The number of nitrogens with one attached hydrogen (secondary N) is 1. The lowest BCUT2D eigenvalue weighted by molar-refractivity contribution is -0.122. The van der Waals surface area contributed by atoms with Gasteiger partial charge in [-0.3, -0.25) is 9.48 Å². The zero-order chi connectivity index (χ0) is 15.3. The average molecular weight is 302 g/mol. The van der Waals surface area contributed by atoms with Crippen molar-refractivity contribution in [1.29, 1.82) is 0 Å². The summed E-state index contributed by atoms with van der Waals surface area (Å²) in [5.41, 5.74) is 7.54. The van der Waals surface area contributed by atoms with E-state index in [-0.39, 0.29) is 18.1 Å². The molecule has 1 unspecified atom stereocenters. The topological polar surface area (TPSA) is 107 Å². The molecule has 1 heterocycles. The van der Waals surface area contributed by atoms with E-state index in [2.05, 4.69) is 10.4 Å². The Kier molecular flexibility index (Phi) is 5.70. The Balaban J connectivity index is 2.50. The second-order valence-corrected chi connectivity index (χ2v) is 7.13. The Bertz CT molecular complexity index is 565. The third-order valence-corrected chi connectivity index (χ3v) is 3.89. The van der Waals surface area contributed by atoms with Crippen LogP contribution < -0.4 is 11.1 Å². The van der Waals surface area contributed by atoms with Gasteiger partial charge in [0, 0.05) is 31.6 Å². The van der Waals surface area contributed by atoms with Crippen LogP contribution >= 0.6 is 0 Å². The van der Waals surface area contributed by atoms with E-state index in [1.807, 2.05) is 20.2 Å². The van der Waals surface area contributed by atoms with E-state index >= 15 is 0 Å². The Hall–Kier alpha value is -1.41. The maximum Gasteiger partial charge on any atom is 0.237 e. The van der Waals surface area contributed by atoms with E-state index in [1.165, 1.54) is 0 Å². The maximum atomic E-state index is 11.8. The number of aromatic nitrogens is 2. The van der Waals surface area contributed by atoms with Gasteiger partial charge in [0.2, 0.25) is 5.91 Å². The van der Waals surface area contributed by atoms with E-state index in [4.69, 9.17) is 5.73 Å². The molecule has 1 aromatic heterocycles. The van der Waals surface area contributed by atoms with E-state index in [0.29, 0.717) is 6.54 Å². The molecule has 0 saturated heterocycles. The van der Waals surface area contributed by atoms with Gasteiger partial charge in [-0.2, -0.15) is 5.10 Å². The van der Waals surface area contributed by atoms with Crippen molar-refractivity contribution in [3.8, 4) is 0 Å². The van der Waals surface area contributed by atoms with Crippen LogP contribution in [0.15, 0.2) is 6.20 Å². The van der Waals surface area contributed by atoms with Crippen molar-refractivity contribution in [2.45, 2.75) is 32.4 Å². The number of hydrogen-bond acceptors (Lipinski definition) is 5. The van der Waals surface area contributed by atoms with Gasteiger partial charge in [-0.25, -0.2) is 8.42 Å². The molecule has 0 bridgehead atoms. The molecule has 0 radical (unpaired) electrons. The van der Waals surface area contributed by atoms with Gasteiger partial charge in [0.05, 0.1) is 17.5 Å². The highest BCUT2D eigenvalue weighted by Crippen LogP contribution is 2.06. The third kappa shape index (κ3) is 5.30. The molecule has 114 valence electrons. The minimum absolute atomic E-state index is 0.0886. The Morgan fingerprint density at radius 3 is 2.75 bits per heavy atom. The second-order valence-electron chi connectivity index (χ2n) is 4.87. The molecule has 0 aliphatic carbocycles. The first-order chi connectivity index (χ1) is 9.23. The number of sulfone groups is 1. The molecule has 1 amide bonds. The van der Waals surface area contributed by atoms with Crippen molar-refractivity contribution < 1.29 is 13.2 Å². The summed E-state index contributed by atoms with van der Waals surface area (Å²) in [6.07, 6.45) is 3.88. The van der Waals surface area contributed by atoms with Gasteiger partial charge in [-0.1, -0.05) is 6.92 Å². The number of carbonyl (C=O) groups excluding carboxylic acids is 1. The lowest BCUT2D eigenvalue weighted by Gasteiger charge is -2.11. The first-order valence-corrected chi connectivity index (χ1v) is 8.51. The number of amides is 1. The summed E-state index contributed by atoms with van der Waals surface area (Å²) in [6, 6.07) is -0.813. The fourth-order valence-corrected chi connectivity index (χ4v) is 2.50. The van der Waals surface area contributed by atoms with Gasteiger partial charge in [0.1, 0.15) is 9.84 Å². The molecule has 3 N–H and O–H groups in total. The Morgan fingerprint density at radius 1 is 1.55 bits per heavy atom. The smallest absolute Gasteiger partial charge is 0.237 e. The molecule has 0 aliphatic rings. The lowest BCUT2D eigenvalue weighted by atomic mass is 10.2. The van der Waals surface area contributed by atoms with Crippen LogP contribution in [0.2, 0.25) is 0 Å². The van der Waals surface area contributed by atoms with Gasteiger partial charge in [0.25, 0.3) is 0 Å². The molecule has 1 aromatic rings. The molecule has 1 atom stereocenters. The number of aryl methyl sites for hydroxylation is 2. The summed E-state index contributed by atoms with van der Waals surface area (Å²) in [5, 5.41) is 6.99. The zero-order valence-electron chi connectivity index (χ0n) is 12.1. The van der Waals surface area contributed by atoms with Gasteiger partial charge in [0.15, 0.2) is 0 Å². The minimum atomic E-state index is -3.10. The highest BCUT2D eigenvalue weighted by atomic mass is 32.2. The van der Waals surface area contributed by atoms with E-state index in [9.17, 15) is 13.2 Å². The predicted octanol–water partition coefficient (Wildman–Crippen LogP) is -0.639. The van der Waals surface area contributed by atoms with E-state index < -0.39 is 15.9 Å². The summed E-state index contributed by atoms with van der Waals surface area (Å²) in [4.78, 5) is 11.8. The Morgan fingerprint density at radius 2 is 2.20 bits per heavy atom. The molecule has 1 rings (SSSR count). The van der Waals surface area contributed by atoms with Crippen LogP contribution in [0.25, 0.3) is 0 Å². The van der Waals surface area contributed by atoms with Crippen LogP contribution in [0.3, 0.4) is 0 Å². The maximum absolute atomic E-state index is 11.8. The number of nitrogens with two attached hydrogens (primary N) is 1. The summed E-state index contributed by atoms with van der Waals surface area (Å²) in [7, 11) is -1.28. The first kappa shape index (κ1) is 16.6. The van der Waals surface area contributed by atoms with Gasteiger partial charge < -0.3 is 11.1 Å².